The molecule has 1 aliphatic carbocycles. The highest BCUT2D eigenvalue weighted by molar-refractivity contribution is 5.94. The van der Waals surface area contributed by atoms with Crippen molar-refractivity contribution >= 4 is 16.9 Å². The van der Waals surface area contributed by atoms with E-state index in [-0.39, 0.29) is 17.0 Å². The lowest BCUT2D eigenvalue weighted by Crippen LogP contribution is -2.19. The summed E-state index contributed by atoms with van der Waals surface area (Å²) in [5.41, 5.74) is 0.732. The number of carboxylic acid groups (broad SMARTS) is 1. The van der Waals surface area contributed by atoms with Crippen LogP contribution < -0.4 is 5.43 Å². The molecule has 24 heavy (non-hydrogen) atoms. The molecule has 0 spiro atoms. The maximum atomic E-state index is 14.6. The van der Waals surface area contributed by atoms with Crippen LogP contribution in [-0.4, -0.2) is 15.6 Å². The van der Waals surface area contributed by atoms with Crippen LogP contribution in [0.4, 0.5) is 4.39 Å². The Morgan fingerprint density at radius 1 is 1.17 bits per heavy atom. The minimum Gasteiger partial charge on any atom is -0.477 e. The highest BCUT2D eigenvalue weighted by atomic mass is 19.1. The predicted molar refractivity (Wildman–Crippen MR) is 88.8 cm³/mol. The summed E-state index contributed by atoms with van der Waals surface area (Å²) in [6.07, 6.45) is 3.24. The number of aromatic nitrogens is 1. The Balaban J connectivity index is 2.06. The number of rotatable bonds is 3. The van der Waals surface area contributed by atoms with E-state index in [1.165, 1.54) is 6.20 Å². The first-order chi connectivity index (χ1) is 11.6. The number of carboxylic acids is 1. The van der Waals surface area contributed by atoms with Gasteiger partial charge in [-0.25, -0.2) is 9.18 Å². The van der Waals surface area contributed by atoms with Gasteiger partial charge in [-0.2, -0.15) is 0 Å². The van der Waals surface area contributed by atoms with E-state index in [4.69, 9.17) is 0 Å². The summed E-state index contributed by atoms with van der Waals surface area (Å²) >= 11 is 0. The van der Waals surface area contributed by atoms with E-state index in [0.717, 1.165) is 18.9 Å². The van der Waals surface area contributed by atoms with Gasteiger partial charge in [0.2, 0.25) is 5.43 Å². The first-order valence-electron chi connectivity index (χ1n) is 7.73. The number of hydrogen-bond donors (Lipinski definition) is 1. The lowest BCUT2D eigenvalue weighted by molar-refractivity contribution is 0.0695. The van der Waals surface area contributed by atoms with Crippen molar-refractivity contribution in [1.29, 1.82) is 0 Å². The molecule has 0 bridgehead atoms. The molecule has 0 radical (unpaired) electrons. The van der Waals surface area contributed by atoms with Crippen molar-refractivity contribution in [3.05, 3.63) is 70.3 Å². The van der Waals surface area contributed by atoms with Crippen LogP contribution in [0.1, 0.15) is 29.2 Å². The van der Waals surface area contributed by atoms with Crippen LogP contribution in [0.3, 0.4) is 0 Å². The predicted octanol–water partition coefficient (Wildman–Crippen LogP) is 3.84. The van der Waals surface area contributed by atoms with E-state index in [0.29, 0.717) is 16.6 Å². The standard InChI is InChI=1S/C19H14FNO3/c20-16-8-14-17(9-13(16)11-4-2-1-3-5-11)21(12-6-7-12)10-15(18(14)22)19(23)24/h1-5,8-10,12H,6-7H2,(H,23,24). The van der Waals surface area contributed by atoms with Gasteiger partial charge in [0.25, 0.3) is 0 Å². The number of pyridine rings is 1. The Hall–Kier alpha value is -2.95. The molecular weight excluding hydrogens is 309 g/mol. The third-order valence-electron chi connectivity index (χ3n) is 4.38. The Bertz CT molecular complexity index is 1020. The second-order valence-corrected chi connectivity index (χ2v) is 6.03. The SMILES string of the molecule is O=C(O)c1cn(C2CC2)c2cc(-c3ccccc3)c(F)cc2c1=O. The zero-order valence-electron chi connectivity index (χ0n) is 12.7. The summed E-state index contributed by atoms with van der Waals surface area (Å²) in [6.45, 7) is 0. The zero-order chi connectivity index (χ0) is 16.8. The van der Waals surface area contributed by atoms with E-state index in [2.05, 4.69) is 0 Å². The van der Waals surface area contributed by atoms with Gasteiger partial charge in [-0.05, 0) is 30.5 Å². The third-order valence-corrected chi connectivity index (χ3v) is 4.38. The molecule has 2 aromatic carbocycles. The number of fused-ring (bicyclic) bond motifs is 1. The number of halogens is 1. The maximum Gasteiger partial charge on any atom is 0.341 e. The number of carbonyl (C=O) groups is 1. The second-order valence-electron chi connectivity index (χ2n) is 6.03. The highest BCUT2D eigenvalue weighted by Crippen LogP contribution is 2.38. The van der Waals surface area contributed by atoms with Crippen molar-refractivity contribution < 1.29 is 14.3 Å². The lowest BCUT2D eigenvalue weighted by atomic mass is 10.0. The van der Waals surface area contributed by atoms with Crippen LogP contribution in [0.15, 0.2) is 53.5 Å². The molecule has 1 N–H and O–H groups in total. The Kier molecular flexibility index (Phi) is 3.23. The van der Waals surface area contributed by atoms with E-state index in [1.807, 2.05) is 18.2 Å². The first-order valence-corrected chi connectivity index (χ1v) is 7.73. The highest BCUT2D eigenvalue weighted by Gasteiger charge is 2.27. The molecule has 0 unspecified atom stereocenters. The van der Waals surface area contributed by atoms with E-state index in [1.54, 1.807) is 22.8 Å². The van der Waals surface area contributed by atoms with Crippen LogP contribution in [-0.2, 0) is 0 Å². The molecule has 0 aliphatic heterocycles. The van der Waals surface area contributed by atoms with Gasteiger partial charge in [-0.1, -0.05) is 30.3 Å². The molecule has 1 heterocycles. The number of nitrogens with zero attached hydrogens (tertiary/aromatic N) is 1. The molecule has 120 valence electrons. The average Bonchev–Trinajstić information content (AvgIpc) is 3.40. The monoisotopic (exact) mass is 323 g/mol. The quantitative estimate of drug-likeness (QED) is 0.796. The van der Waals surface area contributed by atoms with Crippen molar-refractivity contribution in [3.8, 4) is 11.1 Å². The molecule has 1 fully saturated rings. The molecule has 4 rings (SSSR count). The van der Waals surface area contributed by atoms with Crippen molar-refractivity contribution in [2.45, 2.75) is 18.9 Å². The molecule has 1 aromatic heterocycles. The number of aromatic carboxylic acids is 1. The van der Waals surface area contributed by atoms with Crippen LogP contribution in [0, 0.1) is 5.82 Å². The second kappa shape index (κ2) is 5.30. The van der Waals surface area contributed by atoms with Gasteiger partial charge in [-0.3, -0.25) is 4.79 Å². The lowest BCUT2D eigenvalue weighted by Gasteiger charge is -2.13. The average molecular weight is 323 g/mol. The molecule has 5 heteroatoms. The first kappa shape index (κ1) is 14.6. The summed E-state index contributed by atoms with van der Waals surface area (Å²) in [4.78, 5) is 23.7. The Morgan fingerprint density at radius 3 is 2.50 bits per heavy atom. The van der Waals surface area contributed by atoms with Crippen molar-refractivity contribution in [1.82, 2.24) is 4.57 Å². The third kappa shape index (κ3) is 2.29. The fourth-order valence-corrected chi connectivity index (χ4v) is 3.02. The van der Waals surface area contributed by atoms with Gasteiger partial charge in [0.15, 0.2) is 0 Å². The number of hydrogen-bond acceptors (Lipinski definition) is 2. The molecule has 0 saturated heterocycles. The summed E-state index contributed by atoms with van der Waals surface area (Å²) in [5.74, 6) is -1.82. The van der Waals surface area contributed by atoms with Gasteiger partial charge in [-0.15, -0.1) is 0 Å². The summed E-state index contributed by atoms with van der Waals surface area (Å²) in [7, 11) is 0. The molecule has 4 nitrogen and oxygen atoms in total. The smallest absolute Gasteiger partial charge is 0.341 e. The molecular formula is C19H14FNO3. The van der Waals surface area contributed by atoms with Crippen molar-refractivity contribution in [2.24, 2.45) is 0 Å². The molecule has 1 aliphatic rings. The Labute approximate surface area is 136 Å². The maximum absolute atomic E-state index is 14.6. The topological polar surface area (TPSA) is 59.3 Å². The molecule has 1 saturated carbocycles. The minimum absolute atomic E-state index is 0.110. The van der Waals surface area contributed by atoms with Gasteiger partial charge in [0.05, 0.1) is 5.52 Å². The fourth-order valence-electron chi connectivity index (χ4n) is 3.02. The summed E-state index contributed by atoms with van der Waals surface area (Å²) in [6, 6.07) is 12.1. The van der Waals surface area contributed by atoms with E-state index >= 15 is 0 Å². The molecule has 3 aromatic rings. The van der Waals surface area contributed by atoms with Crippen molar-refractivity contribution in [3.63, 3.8) is 0 Å². The van der Waals surface area contributed by atoms with Crippen LogP contribution >= 0.6 is 0 Å². The van der Waals surface area contributed by atoms with Crippen molar-refractivity contribution in [2.75, 3.05) is 0 Å². The zero-order valence-corrected chi connectivity index (χ0v) is 12.7. The Morgan fingerprint density at radius 2 is 1.88 bits per heavy atom. The van der Waals surface area contributed by atoms with E-state index < -0.39 is 17.2 Å². The van der Waals surface area contributed by atoms with Crippen LogP contribution in [0.2, 0.25) is 0 Å². The van der Waals surface area contributed by atoms with Gasteiger partial charge in [0.1, 0.15) is 11.4 Å². The normalized spacial score (nSPS) is 14.0. The minimum atomic E-state index is -1.29. The fraction of sp³-hybridized carbons (Fsp3) is 0.158. The number of benzene rings is 2. The summed E-state index contributed by atoms with van der Waals surface area (Å²) < 4.78 is 16.4. The summed E-state index contributed by atoms with van der Waals surface area (Å²) in [5, 5.41) is 9.36. The van der Waals surface area contributed by atoms with Crippen LogP contribution in [0.5, 0.6) is 0 Å². The molecule has 0 amide bonds. The van der Waals surface area contributed by atoms with Gasteiger partial charge < -0.3 is 9.67 Å². The van der Waals surface area contributed by atoms with Gasteiger partial charge in [0, 0.05) is 23.2 Å². The van der Waals surface area contributed by atoms with E-state index in [9.17, 15) is 19.1 Å². The van der Waals surface area contributed by atoms with Crippen LogP contribution in [0.25, 0.3) is 22.0 Å². The largest absolute Gasteiger partial charge is 0.477 e. The van der Waals surface area contributed by atoms with Gasteiger partial charge >= 0.3 is 5.97 Å². The molecule has 0 atom stereocenters.